The van der Waals surface area contributed by atoms with Gasteiger partial charge in [-0.25, -0.2) is 4.70 Å². The van der Waals surface area contributed by atoms with Crippen LogP contribution in [0.5, 0.6) is 0 Å². The van der Waals surface area contributed by atoms with Crippen molar-refractivity contribution in [2.75, 3.05) is 0 Å². The van der Waals surface area contributed by atoms with E-state index < -0.39 is 0 Å². The van der Waals surface area contributed by atoms with E-state index >= 15 is 0 Å². The highest BCUT2D eigenvalue weighted by Crippen LogP contribution is 2.44. The van der Waals surface area contributed by atoms with Gasteiger partial charge in [-0.05, 0) is 154 Å². The first-order valence-corrected chi connectivity index (χ1v) is 35.7. The summed E-state index contributed by atoms with van der Waals surface area (Å²) in [4.78, 5) is 0. The van der Waals surface area contributed by atoms with E-state index in [9.17, 15) is 5.53 Å². The average Bonchev–Trinajstić information content (AvgIpc) is 3.87. The SMILES string of the molecule is CCCCCCCCCCCCCCCCCCCCCCCCCC#CC1=C(c2cc(CCCCC)c(CCCCC)c(CCCCC)c2)[N+](=[N-])C(c2cc(CCCCC)c(CCCCC)c(CCCCC)c2)=C1CCCC. The largest absolute Gasteiger partial charge is 0.493 e. The Morgan fingerprint density at radius 3 is 0.873 bits per heavy atom. The summed E-state index contributed by atoms with van der Waals surface area (Å²) in [6.07, 6.45) is 65.9. The molecule has 1 heterocycles. The summed E-state index contributed by atoms with van der Waals surface area (Å²) < 4.78 is 1.68. The lowest BCUT2D eigenvalue weighted by Gasteiger charge is -2.20. The third kappa shape index (κ3) is 28.8. The van der Waals surface area contributed by atoms with Crippen molar-refractivity contribution in [3.8, 4) is 11.8 Å². The Hall–Kier alpha value is -2.92. The van der Waals surface area contributed by atoms with Gasteiger partial charge in [-0.3, -0.25) is 0 Å². The minimum atomic E-state index is 0.925. The first kappa shape index (κ1) is 70.3. The number of allylic oxidation sites excluding steroid dienone is 2. The molecular weight excluding hydrogens is 953 g/mol. The molecule has 2 heteroatoms. The van der Waals surface area contributed by atoms with Crippen LogP contribution in [-0.4, -0.2) is 4.70 Å². The van der Waals surface area contributed by atoms with Crippen LogP contribution in [0.25, 0.3) is 16.9 Å². The van der Waals surface area contributed by atoms with E-state index in [-0.39, 0.29) is 0 Å². The van der Waals surface area contributed by atoms with E-state index in [4.69, 9.17) is 0 Å². The lowest BCUT2D eigenvalue weighted by atomic mass is 9.86. The molecule has 0 fully saturated rings. The fraction of sp³-hybridized carbons (Fsp3) is 0.766. The first-order chi connectivity index (χ1) is 38.9. The van der Waals surface area contributed by atoms with Crippen LogP contribution in [0.4, 0.5) is 0 Å². The number of rotatable bonds is 52. The van der Waals surface area contributed by atoms with Gasteiger partial charge in [-0.15, -0.1) is 0 Å². The van der Waals surface area contributed by atoms with Crippen molar-refractivity contribution >= 4 is 11.4 Å². The lowest BCUT2D eigenvalue weighted by molar-refractivity contribution is -0.345. The molecule has 1 aliphatic rings. The fourth-order valence-corrected chi connectivity index (χ4v) is 12.8. The number of hydrogen-bond acceptors (Lipinski definition) is 0. The van der Waals surface area contributed by atoms with E-state index in [0.717, 1.165) is 74.8 Å². The summed E-state index contributed by atoms with van der Waals surface area (Å²) in [5.74, 6) is 7.71. The van der Waals surface area contributed by atoms with Gasteiger partial charge in [-0.2, -0.15) is 0 Å². The highest BCUT2D eigenvalue weighted by atomic mass is 15.2. The van der Waals surface area contributed by atoms with Crippen LogP contribution in [0.15, 0.2) is 35.4 Å². The molecule has 0 saturated heterocycles. The van der Waals surface area contributed by atoms with Crippen molar-refractivity contribution in [3.63, 3.8) is 0 Å². The standard InChI is InChI=1S/C77H130N2/c1-9-17-25-26-27-28-29-30-31-32-33-34-35-36-37-38-39-40-41-42-43-44-45-46-53-61-75-74(58-24-16-8)76(70-62-66(54-47-18-10-2)72(59-51-22-14-6)67(63-70)55-48-19-11-3)79(78)77(75)71-64-68(56-49-20-12-4)73(60-52-23-15-7)69(65-71)57-50-21-13-5/h62-65H,9-52,54-60H2,1-8H3. The molecule has 0 atom stereocenters. The Morgan fingerprint density at radius 2 is 0.557 bits per heavy atom. The zero-order chi connectivity index (χ0) is 56.8. The molecule has 0 unspecified atom stereocenters. The van der Waals surface area contributed by atoms with Gasteiger partial charge in [0.1, 0.15) is 5.57 Å². The zero-order valence-corrected chi connectivity index (χ0v) is 54.3. The maximum absolute atomic E-state index is 13.2. The Bertz CT molecular complexity index is 1930. The summed E-state index contributed by atoms with van der Waals surface area (Å²) in [6, 6.07) is 10.2. The van der Waals surface area contributed by atoms with Gasteiger partial charge in [0.15, 0.2) is 0 Å². The number of benzene rings is 2. The molecule has 2 nitrogen and oxygen atoms in total. The molecule has 79 heavy (non-hydrogen) atoms. The van der Waals surface area contributed by atoms with Crippen molar-refractivity contribution in [1.29, 1.82) is 0 Å². The van der Waals surface area contributed by atoms with Crippen LogP contribution in [0.2, 0.25) is 0 Å². The summed E-state index contributed by atoms with van der Waals surface area (Å²) in [5, 5.41) is 0. The summed E-state index contributed by atoms with van der Waals surface area (Å²) in [6.45, 7) is 18.7. The van der Waals surface area contributed by atoms with E-state index in [1.54, 1.807) is 27.0 Å². The van der Waals surface area contributed by atoms with Gasteiger partial charge in [-0.1, -0.05) is 292 Å². The molecule has 3 rings (SSSR count). The predicted octanol–water partition coefficient (Wildman–Crippen LogP) is 25.8. The maximum atomic E-state index is 13.2. The second-order valence-electron chi connectivity index (χ2n) is 25.1. The van der Waals surface area contributed by atoms with Crippen molar-refractivity contribution in [3.05, 3.63) is 85.5 Å². The number of hydrogen-bond donors (Lipinski definition) is 0. The average molecular weight is 1080 g/mol. The van der Waals surface area contributed by atoms with Crippen LogP contribution in [-0.2, 0) is 38.5 Å². The minimum absolute atomic E-state index is 0.925. The summed E-state index contributed by atoms with van der Waals surface area (Å²) in [7, 11) is 0. The van der Waals surface area contributed by atoms with E-state index in [0.29, 0.717) is 0 Å². The molecule has 0 amide bonds. The van der Waals surface area contributed by atoms with Gasteiger partial charge < -0.3 is 5.53 Å². The Morgan fingerprint density at radius 1 is 0.291 bits per heavy atom. The van der Waals surface area contributed by atoms with Crippen LogP contribution in [0.1, 0.15) is 389 Å². The van der Waals surface area contributed by atoms with Gasteiger partial charge >= 0.3 is 0 Å². The van der Waals surface area contributed by atoms with Gasteiger partial charge in [0.25, 0.3) is 0 Å². The molecule has 448 valence electrons. The van der Waals surface area contributed by atoms with Gasteiger partial charge in [0, 0.05) is 23.1 Å². The third-order valence-corrected chi connectivity index (χ3v) is 17.8. The monoisotopic (exact) mass is 1080 g/mol. The van der Waals surface area contributed by atoms with E-state index in [2.05, 4.69) is 91.5 Å². The van der Waals surface area contributed by atoms with Crippen LogP contribution < -0.4 is 0 Å². The summed E-state index contributed by atoms with van der Waals surface area (Å²) in [5.41, 5.74) is 29.4. The molecule has 2 aromatic rings. The number of unbranched alkanes of at least 4 members (excludes halogenated alkanes) is 36. The predicted molar refractivity (Wildman–Crippen MR) is 354 cm³/mol. The molecule has 1 aliphatic heterocycles. The molecular formula is C77H130N2. The number of nitrogens with zero attached hydrogens (tertiary/aromatic N) is 2. The Kier molecular flexibility index (Phi) is 42.3. The molecule has 0 saturated carbocycles. The van der Waals surface area contributed by atoms with Crippen molar-refractivity contribution in [2.24, 2.45) is 0 Å². The van der Waals surface area contributed by atoms with Crippen molar-refractivity contribution in [1.82, 2.24) is 0 Å². The van der Waals surface area contributed by atoms with E-state index in [1.165, 1.54) is 298 Å². The van der Waals surface area contributed by atoms with Crippen molar-refractivity contribution < 1.29 is 4.70 Å². The topological polar surface area (TPSA) is 25.3 Å². The fourth-order valence-electron chi connectivity index (χ4n) is 12.8. The Labute approximate surface area is 493 Å². The number of aryl methyl sites for hydroxylation is 4. The second-order valence-corrected chi connectivity index (χ2v) is 25.1. The van der Waals surface area contributed by atoms with Gasteiger partial charge in [0.05, 0.1) is 0 Å². The summed E-state index contributed by atoms with van der Waals surface area (Å²) >= 11 is 0. The lowest BCUT2D eigenvalue weighted by Crippen LogP contribution is -2.09. The second kappa shape index (κ2) is 47.6. The van der Waals surface area contributed by atoms with Crippen molar-refractivity contribution in [2.45, 2.75) is 383 Å². The Balaban J connectivity index is 1.88. The van der Waals surface area contributed by atoms with Crippen LogP contribution in [0.3, 0.4) is 0 Å². The van der Waals surface area contributed by atoms with Gasteiger partial charge in [0.2, 0.25) is 11.4 Å². The third-order valence-electron chi connectivity index (χ3n) is 17.8. The molecule has 0 spiro atoms. The molecule has 0 aromatic heterocycles. The van der Waals surface area contributed by atoms with Crippen LogP contribution in [0, 0.1) is 11.8 Å². The van der Waals surface area contributed by atoms with Crippen LogP contribution >= 0.6 is 0 Å². The molecule has 0 radical (unpaired) electrons. The zero-order valence-electron chi connectivity index (χ0n) is 54.3. The highest BCUT2D eigenvalue weighted by molar-refractivity contribution is 5.86. The highest BCUT2D eigenvalue weighted by Gasteiger charge is 2.36. The molecule has 0 aliphatic carbocycles. The maximum Gasteiger partial charge on any atom is 0.223 e. The molecule has 0 bridgehead atoms. The first-order valence-electron chi connectivity index (χ1n) is 35.7. The van der Waals surface area contributed by atoms with E-state index in [1.807, 2.05) is 0 Å². The normalized spacial score (nSPS) is 12.7. The molecule has 2 aromatic carbocycles. The molecule has 0 N–H and O–H groups in total. The minimum Gasteiger partial charge on any atom is -0.493 e. The smallest absolute Gasteiger partial charge is 0.223 e. The quantitative estimate of drug-likeness (QED) is 0.0358.